The fraction of sp³-hybridized carbons (Fsp3) is 0.457. The number of rotatable bonds is 12. The van der Waals surface area contributed by atoms with E-state index in [9.17, 15) is 4.79 Å². The van der Waals surface area contributed by atoms with Crippen LogP contribution in [-0.4, -0.2) is 45.0 Å². The summed E-state index contributed by atoms with van der Waals surface area (Å²) in [4.78, 5) is 20.5. The minimum absolute atomic E-state index is 0.0600. The van der Waals surface area contributed by atoms with Gasteiger partial charge in [0.1, 0.15) is 11.5 Å². The molecule has 6 rings (SSSR count). The third kappa shape index (κ3) is 7.52. The van der Waals surface area contributed by atoms with E-state index < -0.39 is 11.5 Å². The Morgan fingerprint density at radius 2 is 1.98 bits per heavy atom. The Bertz CT molecular complexity index is 1750. The highest BCUT2D eigenvalue weighted by molar-refractivity contribution is 6.31. The van der Waals surface area contributed by atoms with Crippen LogP contribution in [0.5, 0.6) is 0 Å². The monoisotopic (exact) mass is 646 g/mol. The van der Waals surface area contributed by atoms with Crippen LogP contribution in [-0.2, 0) is 6.42 Å². The van der Waals surface area contributed by atoms with Gasteiger partial charge in [0.25, 0.3) is 0 Å². The highest BCUT2D eigenvalue weighted by Gasteiger charge is 2.34. The second-order valence-electron chi connectivity index (χ2n) is 13.1. The highest BCUT2D eigenvalue weighted by Crippen LogP contribution is 2.37. The number of H-pyrrole nitrogens is 1. The van der Waals surface area contributed by atoms with Gasteiger partial charge in [0.2, 0.25) is 0 Å². The number of aromatic nitrogens is 3. The molecule has 244 valence electrons. The first-order chi connectivity index (χ1) is 22.2. The summed E-state index contributed by atoms with van der Waals surface area (Å²) in [5.41, 5.74) is 15.2. The van der Waals surface area contributed by atoms with E-state index in [0.29, 0.717) is 51.8 Å². The molecule has 0 bridgehead atoms. The normalized spacial score (nSPS) is 19.7. The van der Waals surface area contributed by atoms with E-state index in [4.69, 9.17) is 28.5 Å². The predicted molar refractivity (Wildman–Crippen MR) is 183 cm³/mol. The number of piperidine rings is 1. The molecule has 1 saturated heterocycles. The molecule has 9 nitrogen and oxygen atoms in total. The molecule has 3 heterocycles. The summed E-state index contributed by atoms with van der Waals surface area (Å²) < 4.78 is 16.7. The molecule has 1 unspecified atom stereocenters. The molecule has 0 amide bonds. The summed E-state index contributed by atoms with van der Waals surface area (Å²) in [5, 5.41) is 16.0. The molecule has 2 aromatic heterocycles. The lowest BCUT2D eigenvalue weighted by Crippen LogP contribution is -2.46. The lowest BCUT2D eigenvalue weighted by Gasteiger charge is -2.34. The molecular weight excluding hydrogens is 603 g/mol. The second-order valence-corrected chi connectivity index (χ2v) is 13.5. The summed E-state index contributed by atoms with van der Waals surface area (Å²) >= 11 is 6.27. The van der Waals surface area contributed by atoms with Crippen LogP contribution in [0.1, 0.15) is 75.5 Å². The van der Waals surface area contributed by atoms with Crippen LogP contribution in [0.25, 0.3) is 28.0 Å². The molecular formula is C35H44ClFN8O. The van der Waals surface area contributed by atoms with Crippen molar-refractivity contribution in [1.82, 2.24) is 25.2 Å². The molecule has 4 atom stereocenters. The van der Waals surface area contributed by atoms with Crippen LogP contribution < -0.4 is 27.8 Å². The third-order valence-corrected chi connectivity index (χ3v) is 9.64. The molecule has 8 N–H and O–H groups in total. The van der Waals surface area contributed by atoms with Gasteiger partial charge in [0.15, 0.2) is 5.82 Å². The van der Waals surface area contributed by atoms with Gasteiger partial charge < -0.3 is 27.1 Å². The zero-order chi connectivity index (χ0) is 32.4. The number of hydrogen-bond donors (Lipinski definition) is 6. The number of aryl methyl sites for hydroxylation is 1. The molecule has 0 spiro atoms. The Morgan fingerprint density at radius 1 is 1.20 bits per heavy atom. The average molecular weight is 647 g/mol. The number of fused-ring (bicyclic) bond motifs is 1. The molecule has 46 heavy (non-hydrogen) atoms. The van der Waals surface area contributed by atoms with Crippen LogP contribution in [0.2, 0.25) is 5.02 Å². The molecule has 11 heteroatoms. The lowest BCUT2D eigenvalue weighted by molar-refractivity contribution is 0.285. The van der Waals surface area contributed by atoms with Gasteiger partial charge in [-0.2, -0.15) is 4.98 Å². The van der Waals surface area contributed by atoms with Crippen LogP contribution >= 0.6 is 11.6 Å². The molecule has 1 saturated carbocycles. The lowest BCUT2D eigenvalue weighted by atomic mass is 9.89. The Hall–Kier alpha value is -3.57. The topological polar surface area (TPSA) is 151 Å². The zero-order valence-electron chi connectivity index (χ0n) is 26.3. The van der Waals surface area contributed by atoms with Crippen LogP contribution in [0.4, 0.5) is 4.39 Å². The van der Waals surface area contributed by atoms with Gasteiger partial charge in [0.05, 0.1) is 22.9 Å². The second kappa shape index (κ2) is 14.0. The van der Waals surface area contributed by atoms with Gasteiger partial charge in [0, 0.05) is 41.3 Å². The first kappa shape index (κ1) is 32.4. The summed E-state index contributed by atoms with van der Waals surface area (Å²) in [7, 11) is 0. The van der Waals surface area contributed by atoms with E-state index in [2.05, 4.69) is 32.7 Å². The van der Waals surface area contributed by atoms with Crippen molar-refractivity contribution in [3.05, 3.63) is 81.1 Å². The number of aromatic amines is 1. The first-order valence-electron chi connectivity index (χ1n) is 16.4. The van der Waals surface area contributed by atoms with Gasteiger partial charge >= 0.3 is 5.69 Å². The summed E-state index contributed by atoms with van der Waals surface area (Å²) in [6, 6.07) is 14.3. The summed E-state index contributed by atoms with van der Waals surface area (Å²) in [5.74, 6) is 0.530. The molecule has 2 aromatic carbocycles. The Labute approximate surface area is 273 Å². The van der Waals surface area contributed by atoms with Gasteiger partial charge in [-0.05, 0) is 106 Å². The number of halogens is 2. The molecule has 0 radical (unpaired) electrons. The smallest absolute Gasteiger partial charge is 0.354 e. The van der Waals surface area contributed by atoms with Gasteiger partial charge in [-0.3, -0.25) is 9.98 Å². The van der Waals surface area contributed by atoms with Crippen molar-refractivity contribution in [1.29, 1.82) is 5.41 Å². The number of benzene rings is 2. The van der Waals surface area contributed by atoms with E-state index in [1.54, 1.807) is 24.4 Å². The zero-order valence-corrected chi connectivity index (χ0v) is 27.0. The number of nitrogens with two attached hydrogens (primary N) is 2. The number of hydrogen-bond acceptors (Lipinski definition) is 6. The number of amidine groups is 1. The summed E-state index contributed by atoms with van der Waals surface area (Å²) in [6.07, 6.45) is 10.9. The Morgan fingerprint density at radius 3 is 2.70 bits per heavy atom. The van der Waals surface area contributed by atoms with E-state index >= 15 is 4.39 Å². The van der Waals surface area contributed by atoms with Crippen molar-refractivity contribution in [2.75, 3.05) is 6.54 Å². The van der Waals surface area contributed by atoms with Crippen LogP contribution in [0.15, 0.2) is 53.5 Å². The number of nitrogens with one attached hydrogen (secondary N) is 4. The Kier molecular flexibility index (Phi) is 9.89. The SMILES string of the molecule is C[C@H](N)CCCc1cc(Cl)c(F)c(-c2cc3cn(-c4ccc([C@@H]5CCC[C@@H](CC(NC(=N)CN)C6CC6)N5)cc4)c(=O)nc3[nH]2)c1. The van der Waals surface area contributed by atoms with Crippen molar-refractivity contribution in [3.8, 4) is 16.9 Å². The maximum atomic E-state index is 15.2. The van der Waals surface area contributed by atoms with E-state index in [1.165, 1.54) is 23.0 Å². The van der Waals surface area contributed by atoms with Gasteiger partial charge in [-0.1, -0.05) is 30.2 Å². The molecule has 2 fully saturated rings. The van der Waals surface area contributed by atoms with Crippen molar-refractivity contribution in [2.24, 2.45) is 17.4 Å². The first-order valence-corrected chi connectivity index (χ1v) is 16.8. The fourth-order valence-electron chi connectivity index (χ4n) is 6.73. The maximum absolute atomic E-state index is 15.2. The van der Waals surface area contributed by atoms with E-state index in [-0.39, 0.29) is 23.7 Å². The van der Waals surface area contributed by atoms with Crippen molar-refractivity contribution in [2.45, 2.75) is 88.9 Å². The van der Waals surface area contributed by atoms with Gasteiger partial charge in [-0.25, -0.2) is 9.18 Å². The predicted octanol–water partition coefficient (Wildman–Crippen LogP) is 5.72. The van der Waals surface area contributed by atoms with Crippen molar-refractivity contribution < 1.29 is 4.39 Å². The summed E-state index contributed by atoms with van der Waals surface area (Å²) in [6.45, 7) is 2.21. The van der Waals surface area contributed by atoms with Crippen molar-refractivity contribution >= 4 is 28.5 Å². The third-order valence-electron chi connectivity index (χ3n) is 9.36. The van der Waals surface area contributed by atoms with Crippen LogP contribution in [0.3, 0.4) is 0 Å². The maximum Gasteiger partial charge on any atom is 0.354 e. The number of nitrogens with zero attached hydrogens (tertiary/aromatic N) is 2. The quantitative estimate of drug-likeness (QED) is 0.0856. The van der Waals surface area contributed by atoms with E-state index in [0.717, 1.165) is 50.5 Å². The van der Waals surface area contributed by atoms with Crippen molar-refractivity contribution in [3.63, 3.8) is 0 Å². The average Bonchev–Trinajstić information content (AvgIpc) is 3.81. The van der Waals surface area contributed by atoms with E-state index in [1.807, 2.05) is 19.1 Å². The van der Waals surface area contributed by atoms with Crippen LogP contribution in [0, 0.1) is 17.1 Å². The Balaban J connectivity index is 1.18. The minimum atomic E-state index is -0.511. The molecule has 1 aliphatic carbocycles. The molecule has 4 aromatic rings. The standard InChI is InChI=1S/C35H44ClFN8O/c1-20(39)4-2-5-21-14-27(33(37)28(36)15-21)31-16-24-19-45(35(46)44-34(24)43-31)26-12-10-22(11-13-26)29-7-3-6-25(41-29)17-30(23-8-9-23)42-32(40)18-38/h10-16,19-20,23,25,29-30,41H,2-9,17-18,38-39H2,1H3,(H2,40,42)(H,43,44,46)/t20-,25-,29-,30?/m0/s1. The molecule has 2 aliphatic rings. The molecule has 1 aliphatic heterocycles. The van der Waals surface area contributed by atoms with Gasteiger partial charge in [-0.15, -0.1) is 0 Å². The largest absolute Gasteiger partial charge is 0.370 e. The minimum Gasteiger partial charge on any atom is -0.370 e. The fourth-order valence-corrected chi connectivity index (χ4v) is 6.97. The highest BCUT2D eigenvalue weighted by atomic mass is 35.5.